The van der Waals surface area contributed by atoms with Crippen LogP contribution in [0.3, 0.4) is 0 Å². The molecule has 4 nitrogen and oxygen atoms in total. The minimum absolute atomic E-state index is 0.0215. The molecule has 0 saturated carbocycles. The number of likely N-dealkylation sites (tertiary alicyclic amines) is 1. The monoisotopic (exact) mass is 388 g/mol. The van der Waals surface area contributed by atoms with Gasteiger partial charge >= 0.3 is 6.18 Å². The lowest BCUT2D eigenvalue weighted by molar-refractivity contribution is -0.138. The number of alkyl halides is 3. The van der Waals surface area contributed by atoms with E-state index in [-0.39, 0.29) is 30.5 Å². The van der Waals surface area contributed by atoms with E-state index in [9.17, 15) is 22.8 Å². The summed E-state index contributed by atoms with van der Waals surface area (Å²) in [6, 6.07) is 3.38. The number of halogens is 4. The number of piperidine rings is 1. The molecule has 0 aliphatic carbocycles. The molecule has 1 aromatic carbocycles. The third kappa shape index (κ3) is 3.82. The number of hydrogen-bond donors (Lipinski definition) is 0. The highest BCUT2D eigenvalue weighted by Gasteiger charge is 2.39. The van der Waals surface area contributed by atoms with Crippen molar-refractivity contribution in [1.29, 1.82) is 0 Å². The first-order valence-corrected chi connectivity index (χ1v) is 9.00. The summed E-state index contributed by atoms with van der Waals surface area (Å²) in [5.74, 6) is -0.523. The van der Waals surface area contributed by atoms with Crippen LogP contribution in [0.5, 0.6) is 0 Å². The first kappa shape index (κ1) is 19.0. The summed E-state index contributed by atoms with van der Waals surface area (Å²) < 4.78 is 39.1. The van der Waals surface area contributed by atoms with E-state index in [0.717, 1.165) is 25.0 Å². The minimum Gasteiger partial charge on any atom is -0.342 e. The van der Waals surface area contributed by atoms with Crippen LogP contribution in [0.25, 0.3) is 0 Å². The highest BCUT2D eigenvalue weighted by atomic mass is 35.5. The quantitative estimate of drug-likeness (QED) is 0.769. The zero-order chi connectivity index (χ0) is 19.1. The minimum atomic E-state index is -4.60. The smallest absolute Gasteiger partial charge is 0.342 e. The van der Waals surface area contributed by atoms with Crippen LogP contribution in [-0.2, 0) is 15.8 Å². The molecule has 2 amide bonds. The van der Waals surface area contributed by atoms with E-state index in [4.69, 9.17) is 11.6 Å². The van der Waals surface area contributed by atoms with Crippen LogP contribution in [0.2, 0.25) is 5.02 Å². The van der Waals surface area contributed by atoms with Gasteiger partial charge in [-0.15, -0.1) is 0 Å². The van der Waals surface area contributed by atoms with Crippen LogP contribution in [-0.4, -0.2) is 36.3 Å². The highest BCUT2D eigenvalue weighted by Crippen LogP contribution is 2.38. The van der Waals surface area contributed by atoms with E-state index >= 15 is 0 Å². The first-order valence-electron chi connectivity index (χ1n) is 8.62. The molecule has 2 saturated heterocycles. The van der Waals surface area contributed by atoms with E-state index < -0.39 is 22.7 Å². The second kappa shape index (κ2) is 7.10. The Bertz CT molecular complexity index is 723. The molecule has 0 aromatic heterocycles. The predicted octanol–water partition coefficient (Wildman–Crippen LogP) is 3.97. The lowest BCUT2D eigenvalue weighted by Crippen LogP contribution is -2.43. The van der Waals surface area contributed by atoms with Crippen molar-refractivity contribution < 1.29 is 22.8 Å². The predicted molar refractivity (Wildman–Crippen MR) is 91.9 cm³/mol. The van der Waals surface area contributed by atoms with Crippen molar-refractivity contribution >= 4 is 29.1 Å². The Morgan fingerprint density at radius 3 is 2.65 bits per heavy atom. The lowest BCUT2D eigenvalue weighted by Gasteiger charge is -2.32. The van der Waals surface area contributed by atoms with E-state index in [0.29, 0.717) is 19.0 Å². The Morgan fingerprint density at radius 2 is 2.00 bits per heavy atom. The standard InChI is InChI=1S/C18H20ClF3N2O2/c1-11-3-2-6-23(9-11)17(26)12-7-16(25)24(10-12)13-4-5-15(19)14(8-13)18(20,21)22/h4-5,8,11-12H,2-3,6-7,9-10H2,1H3. The van der Waals surface area contributed by atoms with Gasteiger partial charge in [0.1, 0.15) is 0 Å². The fourth-order valence-corrected chi connectivity index (χ4v) is 3.89. The van der Waals surface area contributed by atoms with Gasteiger partial charge in [-0.1, -0.05) is 18.5 Å². The van der Waals surface area contributed by atoms with Crippen molar-refractivity contribution in [3.63, 3.8) is 0 Å². The van der Waals surface area contributed by atoms with Gasteiger partial charge in [0, 0.05) is 31.7 Å². The van der Waals surface area contributed by atoms with Gasteiger partial charge < -0.3 is 9.80 Å². The van der Waals surface area contributed by atoms with Gasteiger partial charge in [-0.3, -0.25) is 9.59 Å². The van der Waals surface area contributed by atoms with Crippen molar-refractivity contribution in [2.45, 2.75) is 32.4 Å². The van der Waals surface area contributed by atoms with Crippen molar-refractivity contribution in [1.82, 2.24) is 4.90 Å². The normalized spacial score (nSPS) is 24.3. The van der Waals surface area contributed by atoms with Gasteiger partial charge in [0.15, 0.2) is 0 Å². The second-order valence-corrected chi connectivity index (χ2v) is 7.51. The second-order valence-electron chi connectivity index (χ2n) is 7.10. The third-order valence-electron chi connectivity index (χ3n) is 5.01. The molecule has 2 fully saturated rings. The molecule has 2 unspecified atom stereocenters. The number of amides is 2. The molecular weight excluding hydrogens is 369 g/mol. The van der Waals surface area contributed by atoms with Crippen molar-refractivity contribution in [2.75, 3.05) is 24.5 Å². The summed E-state index contributed by atoms with van der Waals surface area (Å²) in [6.45, 7) is 3.52. The molecule has 2 atom stereocenters. The Morgan fingerprint density at radius 1 is 1.27 bits per heavy atom. The molecule has 3 rings (SSSR count). The summed E-state index contributed by atoms with van der Waals surface area (Å²) in [7, 11) is 0. The number of anilines is 1. The average molecular weight is 389 g/mol. The molecule has 8 heteroatoms. The Hall–Kier alpha value is -1.76. The van der Waals surface area contributed by atoms with Gasteiger partial charge in [0.2, 0.25) is 11.8 Å². The van der Waals surface area contributed by atoms with E-state index in [1.807, 2.05) is 0 Å². The van der Waals surface area contributed by atoms with Crippen LogP contribution in [0.15, 0.2) is 18.2 Å². The van der Waals surface area contributed by atoms with Gasteiger partial charge in [0.05, 0.1) is 16.5 Å². The number of rotatable bonds is 2. The zero-order valence-corrected chi connectivity index (χ0v) is 15.1. The maximum atomic E-state index is 13.0. The number of nitrogens with zero attached hydrogens (tertiary/aromatic N) is 2. The maximum absolute atomic E-state index is 13.0. The molecule has 2 heterocycles. The average Bonchev–Trinajstić information content (AvgIpc) is 2.95. The largest absolute Gasteiger partial charge is 0.417 e. The van der Waals surface area contributed by atoms with E-state index in [1.165, 1.54) is 11.0 Å². The van der Waals surface area contributed by atoms with Gasteiger partial charge in [-0.2, -0.15) is 13.2 Å². The number of carbonyl (C=O) groups excluding carboxylic acids is 2. The highest BCUT2D eigenvalue weighted by molar-refractivity contribution is 6.31. The summed E-state index contributed by atoms with van der Waals surface area (Å²) in [5.41, 5.74) is -0.863. The van der Waals surface area contributed by atoms with Gasteiger partial charge in [-0.25, -0.2) is 0 Å². The van der Waals surface area contributed by atoms with Gasteiger partial charge in [-0.05, 0) is 37.0 Å². The molecule has 0 N–H and O–H groups in total. The molecule has 0 bridgehead atoms. The van der Waals surface area contributed by atoms with E-state index in [1.54, 1.807) is 4.90 Å². The fourth-order valence-electron chi connectivity index (χ4n) is 3.67. The molecule has 2 aliphatic rings. The third-order valence-corrected chi connectivity index (χ3v) is 5.34. The number of carbonyl (C=O) groups is 2. The molecule has 1 aromatic rings. The SMILES string of the molecule is CC1CCCN(C(=O)C2CC(=O)N(c3ccc(Cl)c(C(F)(F)F)c3)C2)C1. The van der Waals surface area contributed by atoms with Crippen molar-refractivity contribution in [3.05, 3.63) is 28.8 Å². The van der Waals surface area contributed by atoms with Crippen LogP contribution in [0.1, 0.15) is 31.7 Å². The van der Waals surface area contributed by atoms with Crippen LogP contribution in [0.4, 0.5) is 18.9 Å². The van der Waals surface area contributed by atoms with Crippen LogP contribution < -0.4 is 4.90 Å². The molecule has 2 aliphatic heterocycles. The summed E-state index contributed by atoms with van der Waals surface area (Å²) in [6.07, 6.45) is -2.57. The topological polar surface area (TPSA) is 40.6 Å². The summed E-state index contributed by atoms with van der Waals surface area (Å²) in [4.78, 5) is 28.0. The first-order chi connectivity index (χ1) is 12.2. The maximum Gasteiger partial charge on any atom is 0.417 e. The molecular formula is C18H20ClF3N2O2. The van der Waals surface area contributed by atoms with Crippen LogP contribution >= 0.6 is 11.6 Å². The number of hydrogen-bond acceptors (Lipinski definition) is 2. The summed E-state index contributed by atoms with van der Waals surface area (Å²) >= 11 is 5.63. The molecule has 142 valence electrons. The Labute approximate surface area is 154 Å². The fraction of sp³-hybridized carbons (Fsp3) is 0.556. The molecule has 0 radical (unpaired) electrons. The van der Waals surface area contributed by atoms with Crippen molar-refractivity contribution in [2.24, 2.45) is 11.8 Å². The van der Waals surface area contributed by atoms with Crippen LogP contribution in [0, 0.1) is 11.8 Å². The summed E-state index contributed by atoms with van der Waals surface area (Å²) in [5, 5.41) is -0.414. The van der Waals surface area contributed by atoms with Crippen molar-refractivity contribution in [3.8, 4) is 0 Å². The molecule has 26 heavy (non-hydrogen) atoms. The number of benzene rings is 1. The Kier molecular flexibility index (Phi) is 5.19. The Balaban J connectivity index is 1.77. The van der Waals surface area contributed by atoms with Gasteiger partial charge in [0.25, 0.3) is 0 Å². The van der Waals surface area contributed by atoms with E-state index in [2.05, 4.69) is 6.92 Å². The zero-order valence-electron chi connectivity index (χ0n) is 14.4. The lowest BCUT2D eigenvalue weighted by atomic mass is 9.98. The molecule has 0 spiro atoms.